The summed E-state index contributed by atoms with van der Waals surface area (Å²) < 4.78 is 5.64. The van der Waals surface area contributed by atoms with E-state index < -0.39 is 6.10 Å². The van der Waals surface area contributed by atoms with Crippen LogP contribution in [0.2, 0.25) is 0 Å². The number of halogens is 1. The van der Waals surface area contributed by atoms with Crippen LogP contribution in [0.3, 0.4) is 0 Å². The third kappa shape index (κ3) is 4.54. The van der Waals surface area contributed by atoms with E-state index >= 15 is 0 Å². The minimum atomic E-state index is -0.541. The molecule has 2 aliphatic rings. The van der Waals surface area contributed by atoms with E-state index in [2.05, 4.69) is 28.8 Å². The molecule has 2 aromatic carbocycles. The van der Waals surface area contributed by atoms with Crippen molar-refractivity contribution in [1.82, 2.24) is 10.6 Å². The zero-order valence-corrected chi connectivity index (χ0v) is 17.2. The number of hydrogen-bond donors (Lipinski definition) is 2. The van der Waals surface area contributed by atoms with Crippen LogP contribution < -0.4 is 20.3 Å². The Kier molecular flexibility index (Phi) is 6.77. The molecule has 154 valence electrons. The Bertz CT molecular complexity index is 889. The molecule has 0 fully saturated rings. The summed E-state index contributed by atoms with van der Waals surface area (Å²) in [7, 11) is 0. The molecule has 7 heteroatoms. The maximum absolute atomic E-state index is 12.5. The van der Waals surface area contributed by atoms with Crippen LogP contribution in [-0.4, -0.2) is 37.6 Å². The lowest BCUT2D eigenvalue weighted by molar-refractivity contribution is -0.125. The standard InChI is InChI=1S/C22H25N3O3.ClH/c1-15-22(27)25(19-8-4-5-9-20(19)28-15)13-11-21(26)24-14-18-17-7-3-2-6-16(17)10-12-23-18;/h2-9,15,18,23H,10-14H2,1H3,(H,24,26);1H. The maximum Gasteiger partial charge on any atom is 0.267 e. The number of fused-ring (bicyclic) bond motifs is 2. The predicted molar refractivity (Wildman–Crippen MR) is 115 cm³/mol. The molecular formula is C22H26ClN3O3. The van der Waals surface area contributed by atoms with Crippen LogP contribution in [0.25, 0.3) is 0 Å². The first-order valence-corrected chi connectivity index (χ1v) is 9.78. The monoisotopic (exact) mass is 415 g/mol. The second-order valence-electron chi connectivity index (χ2n) is 7.23. The van der Waals surface area contributed by atoms with Gasteiger partial charge < -0.3 is 20.3 Å². The highest BCUT2D eigenvalue weighted by Crippen LogP contribution is 2.33. The van der Waals surface area contributed by atoms with Crippen molar-refractivity contribution in [3.8, 4) is 5.75 Å². The number of carbonyl (C=O) groups excluding carboxylic acids is 2. The average molecular weight is 416 g/mol. The number of nitrogens with one attached hydrogen (secondary N) is 2. The number of rotatable bonds is 5. The van der Waals surface area contributed by atoms with E-state index in [1.54, 1.807) is 11.8 Å². The van der Waals surface area contributed by atoms with Crippen molar-refractivity contribution in [2.75, 3.05) is 24.5 Å². The molecule has 4 rings (SSSR count). The molecule has 0 saturated heterocycles. The number of nitrogens with zero attached hydrogens (tertiary/aromatic N) is 1. The van der Waals surface area contributed by atoms with Crippen molar-refractivity contribution in [1.29, 1.82) is 0 Å². The van der Waals surface area contributed by atoms with E-state index in [-0.39, 0.29) is 36.7 Å². The van der Waals surface area contributed by atoms with E-state index in [4.69, 9.17) is 4.74 Å². The molecule has 2 heterocycles. The Labute approximate surface area is 177 Å². The third-order valence-electron chi connectivity index (χ3n) is 5.36. The van der Waals surface area contributed by atoms with Crippen LogP contribution in [0, 0.1) is 0 Å². The van der Waals surface area contributed by atoms with Gasteiger partial charge in [-0.2, -0.15) is 0 Å². The predicted octanol–water partition coefficient (Wildman–Crippen LogP) is 2.62. The van der Waals surface area contributed by atoms with Crippen molar-refractivity contribution in [2.24, 2.45) is 0 Å². The van der Waals surface area contributed by atoms with Crippen molar-refractivity contribution < 1.29 is 14.3 Å². The van der Waals surface area contributed by atoms with Crippen molar-refractivity contribution in [2.45, 2.75) is 31.9 Å². The van der Waals surface area contributed by atoms with Crippen molar-refractivity contribution >= 4 is 29.9 Å². The van der Waals surface area contributed by atoms with Gasteiger partial charge in [0.1, 0.15) is 5.75 Å². The lowest BCUT2D eigenvalue weighted by atomic mass is 9.94. The largest absolute Gasteiger partial charge is 0.479 e. The summed E-state index contributed by atoms with van der Waals surface area (Å²) in [5.41, 5.74) is 3.31. The lowest BCUT2D eigenvalue weighted by Crippen LogP contribution is -2.46. The Hall–Kier alpha value is -2.57. The zero-order valence-electron chi connectivity index (χ0n) is 16.4. The van der Waals surface area contributed by atoms with E-state index in [0.717, 1.165) is 18.7 Å². The number of carbonyl (C=O) groups is 2. The highest BCUT2D eigenvalue weighted by Gasteiger charge is 2.31. The topological polar surface area (TPSA) is 70.7 Å². The Morgan fingerprint density at radius 1 is 1.21 bits per heavy atom. The molecule has 0 spiro atoms. The first-order valence-electron chi connectivity index (χ1n) is 9.78. The van der Waals surface area contributed by atoms with Gasteiger partial charge in [-0.25, -0.2) is 0 Å². The summed E-state index contributed by atoms with van der Waals surface area (Å²) in [6, 6.07) is 15.9. The molecule has 0 radical (unpaired) electrons. The second-order valence-corrected chi connectivity index (χ2v) is 7.23. The normalized spacial score (nSPS) is 20.0. The molecule has 0 aromatic heterocycles. The molecule has 2 unspecified atom stereocenters. The Balaban J connectivity index is 0.00000240. The number of anilines is 1. The molecule has 2 N–H and O–H groups in total. The van der Waals surface area contributed by atoms with Crippen LogP contribution >= 0.6 is 12.4 Å². The maximum atomic E-state index is 12.5. The zero-order chi connectivity index (χ0) is 19.5. The smallest absolute Gasteiger partial charge is 0.267 e. The van der Waals surface area contributed by atoms with Gasteiger partial charge in [0.25, 0.3) is 5.91 Å². The molecule has 2 aliphatic heterocycles. The molecule has 2 atom stereocenters. The first kappa shape index (κ1) is 21.1. The van der Waals surface area contributed by atoms with E-state index in [1.165, 1.54) is 11.1 Å². The molecular weight excluding hydrogens is 390 g/mol. The summed E-state index contributed by atoms with van der Waals surface area (Å²) >= 11 is 0. The Morgan fingerprint density at radius 2 is 1.97 bits per heavy atom. The number of ether oxygens (including phenoxy) is 1. The number of benzene rings is 2. The van der Waals surface area contributed by atoms with Crippen molar-refractivity contribution in [3.05, 3.63) is 59.7 Å². The van der Waals surface area contributed by atoms with E-state index in [9.17, 15) is 9.59 Å². The highest BCUT2D eigenvalue weighted by molar-refractivity contribution is 6.00. The Morgan fingerprint density at radius 3 is 2.83 bits per heavy atom. The van der Waals surface area contributed by atoms with Crippen LogP contribution in [0.4, 0.5) is 5.69 Å². The number of hydrogen-bond acceptors (Lipinski definition) is 4. The summed E-state index contributed by atoms with van der Waals surface area (Å²) in [4.78, 5) is 26.6. The summed E-state index contributed by atoms with van der Waals surface area (Å²) in [5.74, 6) is 0.502. The van der Waals surface area contributed by atoms with Crippen molar-refractivity contribution in [3.63, 3.8) is 0 Å². The molecule has 6 nitrogen and oxygen atoms in total. The fraction of sp³-hybridized carbons (Fsp3) is 0.364. The minimum absolute atomic E-state index is 0. The quantitative estimate of drug-likeness (QED) is 0.787. The summed E-state index contributed by atoms with van der Waals surface area (Å²) in [6.45, 7) is 3.52. The third-order valence-corrected chi connectivity index (χ3v) is 5.36. The first-order chi connectivity index (χ1) is 13.6. The number of amides is 2. The van der Waals surface area contributed by atoms with Gasteiger partial charge in [-0.3, -0.25) is 9.59 Å². The van der Waals surface area contributed by atoms with Crippen LogP contribution in [-0.2, 0) is 16.0 Å². The molecule has 0 bridgehead atoms. The minimum Gasteiger partial charge on any atom is -0.479 e. The van der Waals surface area contributed by atoms with E-state index in [1.807, 2.05) is 30.3 Å². The second kappa shape index (κ2) is 9.29. The van der Waals surface area contributed by atoms with Crippen LogP contribution in [0.5, 0.6) is 5.75 Å². The molecule has 0 saturated carbocycles. The van der Waals surface area contributed by atoms with Gasteiger partial charge >= 0.3 is 0 Å². The van der Waals surface area contributed by atoms with Gasteiger partial charge in [-0.1, -0.05) is 36.4 Å². The summed E-state index contributed by atoms with van der Waals surface area (Å²) in [6.07, 6.45) is 0.722. The average Bonchev–Trinajstić information content (AvgIpc) is 2.72. The summed E-state index contributed by atoms with van der Waals surface area (Å²) in [5, 5.41) is 6.48. The van der Waals surface area contributed by atoms with Gasteiger partial charge in [0.15, 0.2) is 6.10 Å². The van der Waals surface area contributed by atoms with Gasteiger partial charge in [-0.15, -0.1) is 12.4 Å². The fourth-order valence-corrected chi connectivity index (χ4v) is 3.88. The fourth-order valence-electron chi connectivity index (χ4n) is 3.88. The molecule has 2 amide bonds. The van der Waals surface area contributed by atoms with Crippen LogP contribution in [0.15, 0.2) is 48.5 Å². The highest BCUT2D eigenvalue weighted by atomic mass is 35.5. The van der Waals surface area contributed by atoms with Gasteiger partial charge in [0.2, 0.25) is 5.91 Å². The molecule has 0 aliphatic carbocycles. The van der Waals surface area contributed by atoms with Gasteiger partial charge in [0, 0.05) is 25.6 Å². The molecule has 29 heavy (non-hydrogen) atoms. The lowest BCUT2D eigenvalue weighted by Gasteiger charge is -2.33. The SMILES string of the molecule is CC1Oc2ccccc2N(CCC(=O)NCC2NCCc3ccccc32)C1=O.Cl. The van der Waals surface area contributed by atoms with Crippen LogP contribution in [0.1, 0.15) is 30.5 Å². The van der Waals surface area contributed by atoms with Gasteiger partial charge in [-0.05, 0) is 43.1 Å². The van der Waals surface area contributed by atoms with Gasteiger partial charge in [0.05, 0.1) is 5.69 Å². The molecule has 2 aromatic rings. The van der Waals surface area contributed by atoms with E-state index in [0.29, 0.717) is 18.8 Å². The number of para-hydroxylation sites is 2.